The van der Waals surface area contributed by atoms with Crippen LogP contribution in [0.25, 0.3) is 0 Å². The number of hydrogen-bond acceptors (Lipinski definition) is 4. The molecule has 0 N–H and O–H groups in total. The van der Waals surface area contributed by atoms with Crippen molar-refractivity contribution >= 4 is 15.8 Å². The molecule has 21 heavy (non-hydrogen) atoms. The van der Waals surface area contributed by atoms with Crippen molar-refractivity contribution in [1.29, 1.82) is 0 Å². The van der Waals surface area contributed by atoms with Gasteiger partial charge >= 0.3 is 5.97 Å². The number of carbonyl (C=O) groups excluding carboxylic acids is 1. The van der Waals surface area contributed by atoms with Gasteiger partial charge in [-0.05, 0) is 37.5 Å². The van der Waals surface area contributed by atoms with E-state index in [-0.39, 0.29) is 24.5 Å². The zero-order chi connectivity index (χ0) is 16.0. The van der Waals surface area contributed by atoms with Gasteiger partial charge in [0.15, 0.2) is 0 Å². The first-order valence-corrected chi connectivity index (χ1v) is 8.78. The maximum atomic E-state index is 14.0. The van der Waals surface area contributed by atoms with Crippen LogP contribution in [0.5, 0.6) is 0 Å². The first-order chi connectivity index (χ1) is 9.80. The van der Waals surface area contributed by atoms with Gasteiger partial charge in [-0.2, -0.15) is 0 Å². The number of carbonyl (C=O) groups is 1. The quantitative estimate of drug-likeness (QED) is 0.725. The summed E-state index contributed by atoms with van der Waals surface area (Å²) in [6.45, 7) is 5.20. The maximum absolute atomic E-state index is 14.0. The van der Waals surface area contributed by atoms with Crippen molar-refractivity contribution in [2.45, 2.75) is 33.1 Å². The monoisotopic (exact) mass is 316 g/mol. The molecule has 0 bridgehead atoms. The average Bonchev–Trinajstić information content (AvgIpc) is 2.45. The molecular weight excluding hydrogens is 295 g/mol. The summed E-state index contributed by atoms with van der Waals surface area (Å²) in [7, 11) is -3.12. The molecule has 0 aromatic heterocycles. The Morgan fingerprint density at radius 1 is 1.33 bits per heavy atom. The van der Waals surface area contributed by atoms with Gasteiger partial charge in [-0.3, -0.25) is 4.79 Å². The molecule has 6 heteroatoms. The molecule has 0 aliphatic rings. The summed E-state index contributed by atoms with van der Waals surface area (Å²) in [4.78, 5) is 11.6. The lowest BCUT2D eigenvalue weighted by Gasteiger charge is -2.12. The predicted octanol–water partition coefficient (Wildman–Crippen LogP) is 2.47. The van der Waals surface area contributed by atoms with Crippen LogP contribution in [0, 0.1) is 5.82 Å². The number of ether oxygens (including phenoxy) is 1. The van der Waals surface area contributed by atoms with Gasteiger partial charge in [0.25, 0.3) is 0 Å². The minimum absolute atomic E-state index is 0.0482. The third-order valence-electron chi connectivity index (χ3n) is 3.34. The third kappa shape index (κ3) is 5.12. The molecule has 118 valence electrons. The summed E-state index contributed by atoms with van der Waals surface area (Å²) in [5.41, 5.74) is 0.861. The van der Waals surface area contributed by atoms with E-state index >= 15 is 0 Å². The zero-order valence-corrected chi connectivity index (χ0v) is 13.4. The van der Waals surface area contributed by atoms with Crippen LogP contribution in [0.3, 0.4) is 0 Å². The minimum atomic E-state index is -3.12. The number of halogens is 1. The fourth-order valence-electron chi connectivity index (χ4n) is 1.85. The van der Waals surface area contributed by atoms with Crippen LogP contribution in [0.15, 0.2) is 18.2 Å². The van der Waals surface area contributed by atoms with Crippen LogP contribution in [0.2, 0.25) is 0 Å². The Kier molecular flexibility index (Phi) is 6.33. The summed E-state index contributed by atoms with van der Waals surface area (Å²) in [6, 6.07) is 4.44. The molecule has 0 amide bonds. The van der Waals surface area contributed by atoms with Crippen LogP contribution in [-0.4, -0.2) is 32.5 Å². The lowest BCUT2D eigenvalue weighted by Crippen LogP contribution is -2.14. The highest BCUT2D eigenvalue weighted by molar-refractivity contribution is 7.91. The summed E-state index contributed by atoms with van der Waals surface area (Å²) in [6.07, 6.45) is 0.135. The Balaban J connectivity index is 2.83. The third-order valence-corrected chi connectivity index (χ3v) is 5.05. The van der Waals surface area contributed by atoms with E-state index in [4.69, 9.17) is 4.74 Å². The van der Waals surface area contributed by atoms with Crippen molar-refractivity contribution in [3.63, 3.8) is 0 Å². The van der Waals surface area contributed by atoms with E-state index in [1.807, 2.05) is 0 Å². The standard InChI is InChI=1S/C15H21FO4S/c1-4-20-15(17)11(3)13-7-6-12(14(16)10-13)8-9-21(18,19)5-2/h6-7,10-11H,4-5,8-9H2,1-3H3. The van der Waals surface area contributed by atoms with Gasteiger partial charge in [0.1, 0.15) is 15.7 Å². The number of esters is 1. The van der Waals surface area contributed by atoms with Crippen molar-refractivity contribution in [3.05, 3.63) is 35.1 Å². The van der Waals surface area contributed by atoms with Gasteiger partial charge in [-0.25, -0.2) is 12.8 Å². The van der Waals surface area contributed by atoms with Gasteiger partial charge < -0.3 is 4.74 Å². The first-order valence-electron chi connectivity index (χ1n) is 6.96. The molecule has 0 radical (unpaired) electrons. The second-order valence-electron chi connectivity index (χ2n) is 4.81. The molecule has 0 heterocycles. The summed E-state index contributed by atoms with van der Waals surface area (Å²) < 4.78 is 41.8. The molecule has 0 saturated heterocycles. The van der Waals surface area contributed by atoms with Crippen LogP contribution in [0.1, 0.15) is 37.8 Å². The molecule has 0 aliphatic carbocycles. The fourth-order valence-corrected chi connectivity index (χ4v) is 2.67. The zero-order valence-electron chi connectivity index (χ0n) is 12.6. The second kappa shape index (κ2) is 7.54. The number of hydrogen-bond donors (Lipinski definition) is 0. The number of aryl methyl sites for hydroxylation is 1. The Morgan fingerprint density at radius 2 is 2.00 bits per heavy atom. The maximum Gasteiger partial charge on any atom is 0.313 e. The Morgan fingerprint density at radius 3 is 2.52 bits per heavy atom. The first kappa shape index (κ1) is 17.6. The van der Waals surface area contributed by atoms with Crippen LogP contribution in [0.4, 0.5) is 4.39 Å². The van der Waals surface area contributed by atoms with Gasteiger partial charge in [0.05, 0.1) is 18.3 Å². The van der Waals surface area contributed by atoms with Crippen molar-refractivity contribution < 1.29 is 22.3 Å². The Hall–Kier alpha value is -1.43. The molecule has 1 atom stereocenters. The second-order valence-corrected chi connectivity index (χ2v) is 7.28. The molecule has 0 aliphatic heterocycles. The summed E-state index contributed by atoms with van der Waals surface area (Å²) in [5, 5.41) is 0. The molecule has 0 fully saturated rings. The topological polar surface area (TPSA) is 60.4 Å². The molecule has 1 aromatic carbocycles. The van der Waals surface area contributed by atoms with Gasteiger partial charge in [-0.1, -0.05) is 19.1 Å². The highest BCUT2D eigenvalue weighted by Gasteiger charge is 2.18. The molecule has 1 rings (SSSR count). The lowest BCUT2D eigenvalue weighted by atomic mass is 9.99. The predicted molar refractivity (Wildman–Crippen MR) is 79.5 cm³/mol. The van der Waals surface area contributed by atoms with E-state index < -0.39 is 27.5 Å². The Bertz CT molecular complexity index is 596. The molecular formula is C15H21FO4S. The van der Waals surface area contributed by atoms with E-state index in [0.717, 1.165) is 0 Å². The molecule has 0 spiro atoms. The van der Waals surface area contributed by atoms with Crippen LogP contribution < -0.4 is 0 Å². The van der Waals surface area contributed by atoms with E-state index in [1.54, 1.807) is 26.8 Å². The minimum Gasteiger partial charge on any atom is -0.466 e. The molecule has 4 nitrogen and oxygen atoms in total. The summed E-state index contributed by atoms with van der Waals surface area (Å²) >= 11 is 0. The molecule has 1 aromatic rings. The van der Waals surface area contributed by atoms with Gasteiger partial charge in [0, 0.05) is 5.75 Å². The van der Waals surface area contributed by atoms with E-state index in [9.17, 15) is 17.6 Å². The molecule has 1 unspecified atom stereocenters. The average molecular weight is 316 g/mol. The smallest absolute Gasteiger partial charge is 0.313 e. The highest BCUT2D eigenvalue weighted by Crippen LogP contribution is 2.20. The van der Waals surface area contributed by atoms with Crippen molar-refractivity contribution in [3.8, 4) is 0 Å². The van der Waals surface area contributed by atoms with E-state index in [0.29, 0.717) is 11.1 Å². The van der Waals surface area contributed by atoms with Gasteiger partial charge in [0.2, 0.25) is 0 Å². The van der Waals surface area contributed by atoms with E-state index in [1.165, 1.54) is 12.1 Å². The molecule has 0 saturated carbocycles. The summed E-state index contributed by atoms with van der Waals surface area (Å²) in [5.74, 6) is -1.47. The van der Waals surface area contributed by atoms with Crippen LogP contribution >= 0.6 is 0 Å². The normalized spacial score (nSPS) is 13.0. The van der Waals surface area contributed by atoms with Crippen molar-refractivity contribution in [2.75, 3.05) is 18.1 Å². The Labute approximate surface area is 125 Å². The largest absolute Gasteiger partial charge is 0.466 e. The van der Waals surface area contributed by atoms with Crippen LogP contribution in [-0.2, 0) is 25.8 Å². The van der Waals surface area contributed by atoms with Crippen molar-refractivity contribution in [2.24, 2.45) is 0 Å². The number of rotatable bonds is 7. The number of benzene rings is 1. The SMILES string of the molecule is CCOC(=O)C(C)c1ccc(CCS(=O)(=O)CC)c(F)c1. The lowest BCUT2D eigenvalue weighted by molar-refractivity contribution is -0.144. The number of sulfone groups is 1. The van der Waals surface area contributed by atoms with E-state index in [2.05, 4.69) is 0 Å². The highest BCUT2D eigenvalue weighted by atomic mass is 32.2. The van der Waals surface area contributed by atoms with Crippen molar-refractivity contribution in [1.82, 2.24) is 0 Å². The fraction of sp³-hybridized carbons (Fsp3) is 0.533. The van der Waals surface area contributed by atoms with Gasteiger partial charge in [-0.15, -0.1) is 0 Å².